The van der Waals surface area contributed by atoms with Crippen molar-refractivity contribution in [3.63, 3.8) is 0 Å². The van der Waals surface area contributed by atoms with Crippen LogP contribution in [0.5, 0.6) is 0 Å². The van der Waals surface area contributed by atoms with Crippen LogP contribution in [0.3, 0.4) is 0 Å². The number of nitrogens with zero attached hydrogens (tertiary/aromatic N) is 3. The zero-order chi connectivity index (χ0) is 11.5. The summed E-state index contributed by atoms with van der Waals surface area (Å²) in [4.78, 5) is 8.03. The first-order valence-corrected chi connectivity index (χ1v) is 6.68. The Bertz CT molecular complexity index is 528. The van der Waals surface area contributed by atoms with E-state index in [4.69, 9.17) is 11.6 Å². The van der Waals surface area contributed by atoms with E-state index in [1.54, 1.807) is 12.5 Å². The van der Waals surface area contributed by atoms with E-state index in [2.05, 4.69) is 25.5 Å². The highest BCUT2D eigenvalue weighted by atomic mass is 35.5. The van der Waals surface area contributed by atoms with Crippen molar-refractivity contribution in [3.05, 3.63) is 11.5 Å². The maximum atomic E-state index is 10.9. The number of rotatable bonds is 4. The quantitative estimate of drug-likeness (QED) is 0.794. The molecule has 0 saturated carbocycles. The third-order valence-corrected chi connectivity index (χ3v) is 2.91. The van der Waals surface area contributed by atoms with Crippen LogP contribution in [-0.4, -0.2) is 42.9 Å². The van der Waals surface area contributed by atoms with Crippen molar-refractivity contribution < 1.29 is 4.21 Å². The average molecular weight is 260 g/mol. The Morgan fingerprint density at radius 1 is 1.56 bits per heavy atom. The molecule has 0 spiro atoms. The van der Waals surface area contributed by atoms with Gasteiger partial charge in [0.1, 0.15) is 5.82 Å². The predicted molar refractivity (Wildman–Crippen MR) is 64.1 cm³/mol. The summed E-state index contributed by atoms with van der Waals surface area (Å²) < 4.78 is 10.9. The van der Waals surface area contributed by atoms with Gasteiger partial charge in [-0.05, 0) is 11.6 Å². The zero-order valence-electron chi connectivity index (χ0n) is 8.53. The van der Waals surface area contributed by atoms with Crippen molar-refractivity contribution in [1.29, 1.82) is 0 Å². The van der Waals surface area contributed by atoms with Crippen molar-refractivity contribution in [2.75, 3.05) is 23.9 Å². The smallest absolute Gasteiger partial charge is 0.226 e. The van der Waals surface area contributed by atoms with Crippen LogP contribution in [-0.2, 0) is 10.8 Å². The van der Waals surface area contributed by atoms with Crippen molar-refractivity contribution in [3.8, 4) is 0 Å². The maximum Gasteiger partial charge on any atom is 0.226 e. The molecule has 2 heterocycles. The molecular weight excluding hydrogens is 250 g/mol. The van der Waals surface area contributed by atoms with Crippen LogP contribution in [0.2, 0.25) is 5.28 Å². The van der Waals surface area contributed by atoms with Gasteiger partial charge in [-0.2, -0.15) is 15.1 Å². The lowest BCUT2D eigenvalue weighted by molar-refractivity contribution is 0.687. The van der Waals surface area contributed by atoms with Gasteiger partial charge in [-0.15, -0.1) is 0 Å². The fourth-order valence-corrected chi connectivity index (χ4v) is 1.81. The van der Waals surface area contributed by atoms with E-state index in [9.17, 15) is 4.21 Å². The Labute approximate surface area is 99.3 Å². The molecule has 2 aromatic heterocycles. The summed E-state index contributed by atoms with van der Waals surface area (Å²) in [5.74, 6) is 1.16. The lowest BCUT2D eigenvalue weighted by Gasteiger charge is -2.05. The van der Waals surface area contributed by atoms with Crippen molar-refractivity contribution >= 4 is 39.3 Å². The second-order valence-corrected chi connectivity index (χ2v) is 5.07. The SMILES string of the molecule is CS(=O)CCNc1nc(Cl)nc2[nH]ncc12. The topological polar surface area (TPSA) is 83.6 Å². The largest absolute Gasteiger partial charge is 0.368 e. The molecule has 0 aromatic carbocycles. The molecule has 2 N–H and O–H groups in total. The number of aromatic nitrogens is 4. The minimum atomic E-state index is -0.831. The standard InChI is InChI=1S/C8H10ClN5OS/c1-16(15)3-2-10-6-5-4-11-14-7(5)13-8(9)12-6/h4H,2-3H2,1H3,(H2,10,11,12,13,14). The molecule has 6 nitrogen and oxygen atoms in total. The number of hydrogen-bond acceptors (Lipinski definition) is 5. The molecule has 1 atom stereocenters. The molecule has 86 valence electrons. The molecule has 0 aliphatic rings. The third kappa shape index (κ3) is 2.48. The molecule has 0 bridgehead atoms. The number of nitrogens with one attached hydrogen (secondary N) is 2. The molecule has 0 aliphatic carbocycles. The number of aromatic amines is 1. The molecule has 8 heteroatoms. The summed E-state index contributed by atoms with van der Waals surface area (Å²) in [6.07, 6.45) is 3.28. The molecule has 2 rings (SSSR count). The molecular formula is C8H10ClN5OS. The van der Waals surface area contributed by atoms with Gasteiger partial charge < -0.3 is 5.32 Å². The molecule has 0 aliphatic heterocycles. The van der Waals surface area contributed by atoms with Crippen LogP contribution in [0.4, 0.5) is 5.82 Å². The summed E-state index contributed by atoms with van der Waals surface area (Å²) in [6, 6.07) is 0. The molecule has 1 unspecified atom stereocenters. The van der Waals surface area contributed by atoms with Gasteiger partial charge in [0.05, 0.1) is 11.6 Å². The summed E-state index contributed by atoms with van der Waals surface area (Å²) in [6.45, 7) is 0.566. The lowest BCUT2D eigenvalue weighted by atomic mass is 10.4. The number of H-pyrrole nitrogens is 1. The van der Waals surface area contributed by atoms with Gasteiger partial charge in [0.25, 0.3) is 0 Å². The van der Waals surface area contributed by atoms with Gasteiger partial charge in [0.2, 0.25) is 5.28 Å². The molecule has 0 saturated heterocycles. The Kier molecular flexibility index (Phi) is 3.35. The van der Waals surface area contributed by atoms with Crippen LogP contribution in [0.1, 0.15) is 0 Å². The van der Waals surface area contributed by atoms with E-state index in [-0.39, 0.29) is 5.28 Å². The molecule has 2 aromatic rings. The first-order chi connectivity index (χ1) is 7.66. The summed E-state index contributed by atoms with van der Waals surface area (Å²) in [5, 5.41) is 10.6. The van der Waals surface area contributed by atoms with Gasteiger partial charge >= 0.3 is 0 Å². The predicted octanol–water partition coefficient (Wildman–Crippen LogP) is 0.797. The fourth-order valence-electron chi connectivity index (χ4n) is 1.26. The summed E-state index contributed by atoms with van der Waals surface area (Å²) in [7, 11) is -0.831. The number of anilines is 1. The van der Waals surface area contributed by atoms with Crippen molar-refractivity contribution in [1.82, 2.24) is 20.2 Å². The van der Waals surface area contributed by atoms with Crippen LogP contribution in [0.25, 0.3) is 11.0 Å². The van der Waals surface area contributed by atoms with Crippen LogP contribution < -0.4 is 5.32 Å². The summed E-state index contributed by atoms with van der Waals surface area (Å²) in [5.41, 5.74) is 0.583. The highest BCUT2D eigenvalue weighted by Gasteiger charge is 2.07. The Morgan fingerprint density at radius 2 is 2.38 bits per heavy atom. The molecule has 0 radical (unpaired) electrons. The second-order valence-electron chi connectivity index (χ2n) is 3.18. The van der Waals surface area contributed by atoms with E-state index in [0.717, 1.165) is 5.39 Å². The second kappa shape index (κ2) is 4.75. The Hall–Kier alpha value is -1.21. The minimum Gasteiger partial charge on any atom is -0.368 e. The van der Waals surface area contributed by atoms with Gasteiger partial charge in [-0.25, -0.2) is 0 Å². The van der Waals surface area contributed by atoms with Crippen molar-refractivity contribution in [2.45, 2.75) is 0 Å². The summed E-state index contributed by atoms with van der Waals surface area (Å²) >= 11 is 5.75. The van der Waals surface area contributed by atoms with E-state index in [0.29, 0.717) is 23.8 Å². The number of hydrogen-bond donors (Lipinski definition) is 2. The third-order valence-electron chi connectivity index (χ3n) is 1.96. The van der Waals surface area contributed by atoms with E-state index >= 15 is 0 Å². The highest BCUT2D eigenvalue weighted by Crippen LogP contribution is 2.19. The van der Waals surface area contributed by atoms with Crippen LogP contribution >= 0.6 is 11.6 Å². The van der Waals surface area contributed by atoms with Crippen LogP contribution in [0.15, 0.2) is 6.20 Å². The van der Waals surface area contributed by atoms with E-state index in [1.807, 2.05) is 0 Å². The molecule has 16 heavy (non-hydrogen) atoms. The van der Waals surface area contributed by atoms with Gasteiger partial charge in [-0.3, -0.25) is 9.31 Å². The number of fused-ring (bicyclic) bond motifs is 1. The van der Waals surface area contributed by atoms with E-state index < -0.39 is 10.8 Å². The zero-order valence-corrected chi connectivity index (χ0v) is 10.1. The first kappa shape index (κ1) is 11.3. The monoisotopic (exact) mass is 259 g/mol. The van der Waals surface area contributed by atoms with Crippen molar-refractivity contribution in [2.24, 2.45) is 0 Å². The van der Waals surface area contributed by atoms with E-state index in [1.165, 1.54) is 0 Å². The average Bonchev–Trinajstić information content (AvgIpc) is 2.64. The molecule has 0 amide bonds. The van der Waals surface area contributed by atoms with Gasteiger partial charge in [0, 0.05) is 29.4 Å². The maximum absolute atomic E-state index is 10.9. The Balaban J connectivity index is 2.22. The Morgan fingerprint density at radius 3 is 3.12 bits per heavy atom. The minimum absolute atomic E-state index is 0.150. The fraction of sp³-hybridized carbons (Fsp3) is 0.375. The normalized spacial score (nSPS) is 12.9. The van der Waals surface area contributed by atoms with Crippen LogP contribution in [0, 0.1) is 0 Å². The van der Waals surface area contributed by atoms with Gasteiger partial charge in [0.15, 0.2) is 5.65 Å². The molecule has 0 fully saturated rings. The van der Waals surface area contributed by atoms with Gasteiger partial charge in [-0.1, -0.05) is 0 Å². The highest BCUT2D eigenvalue weighted by molar-refractivity contribution is 7.84. The number of halogens is 1. The first-order valence-electron chi connectivity index (χ1n) is 4.57. The lowest BCUT2D eigenvalue weighted by Crippen LogP contribution is -2.11.